The van der Waals surface area contributed by atoms with Crippen molar-refractivity contribution in [1.29, 1.82) is 0 Å². The van der Waals surface area contributed by atoms with Gasteiger partial charge in [0.15, 0.2) is 5.76 Å². The van der Waals surface area contributed by atoms with E-state index in [0.29, 0.717) is 15.7 Å². The normalized spacial score (nSPS) is 19.6. The van der Waals surface area contributed by atoms with Gasteiger partial charge < -0.3 is 9.26 Å². The Bertz CT molecular complexity index is 847. The molecule has 0 aliphatic carbocycles. The molecular weight excluding hydrogens is 375 g/mol. The predicted molar refractivity (Wildman–Crippen MR) is 89.9 cm³/mol. The van der Waals surface area contributed by atoms with E-state index in [-0.39, 0.29) is 30.4 Å². The highest BCUT2D eigenvalue weighted by Crippen LogP contribution is 2.32. The lowest BCUT2D eigenvalue weighted by Gasteiger charge is -2.32. The number of nitrogens with zero attached hydrogens (tertiary/aromatic N) is 2. The van der Waals surface area contributed by atoms with Crippen molar-refractivity contribution < 1.29 is 17.7 Å². The zero-order chi connectivity index (χ0) is 17.5. The summed E-state index contributed by atoms with van der Waals surface area (Å²) >= 11 is 12.0. The molecule has 130 valence electrons. The summed E-state index contributed by atoms with van der Waals surface area (Å²) in [6.45, 7) is 3.94. The van der Waals surface area contributed by atoms with Crippen LogP contribution in [0, 0.1) is 13.8 Å². The minimum absolute atomic E-state index is 0.122. The Morgan fingerprint density at radius 1 is 1.25 bits per heavy atom. The molecule has 1 aromatic carbocycles. The second-order valence-electron chi connectivity index (χ2n) is 5.55. The minimum atomic E-state index is -3.70. The van der Waals surface area contributed by atoms with Crippen LogP contribution in [0.25, 0.3) is 0 Å². The number of ether oxygens (including phenoxy) is 1. The molecule has 2 aromatic rings. The molecule has 1 unspecified atom stereocenters. The smallest absolute Gasteiger partial charge is 0.248 e. The van der Waals surface area contributed by atoms with Crippen LogP contribution in [0.2, 0.25) is 10.0 Å². The highest BCUT2D eigenvalue weighted by molar-refractivity contribution is 7.89. The summed E-state index contributed by atoms with van der Waals surface area (Å²) in [7, 11) is -3.70. The number of hydrogen-bond acceptors (Lipinski definition) is 5. The van der Waals surface area contributed by atoms with Crippen molar-refractivity contribution in [3.8, 4) is 0 Å². The maximum atomic E-state index is 12.9. The van der Waals surface area contributed by atoms with E-state index >= 15 is 0 Å². The van der Waals surface area contributed by atoms with Gasteiger partial charge in [-0.05, 0) is 31.5 Å². The van der Waals surface area contributed by atoms with Gasteiger partial charge in [-0.1, -0.05) is 34.4 Å². The average molecular weight is 391 g/mol. The molecule has 0 saturated carbocycles. The molecule has 24 heavy (non-hydrogen) atoms. The summed E-state index contributed by atoms with van der Waals surface area (Å²) in [5.41, 5.74) is 1.13. The van der Waals surface area contributed by atoms with Gasteiger partial charge in [0.1, 0.15) is 10.6 Å². The van der Waals surface area contributed by atoms with Crippen molar-refractivity contribution in [2.24, 2.45) is 0 Å². The zero-order valence-electron chi connectivity index (χ0n) is 13.1. The minimum Gasteiger partial charge on any atom is -0.371 e. The fourth-order valence-electron chi connectivity index (χ4n) is 2.73. The number of morpholine rings is 1. The molecule has 6 nitrogen and oxygen atoms in total. The van der Waals surface area contributed by atoms with Crippen molar-refractivity contribution in [3.63, 3.8) is 0 Å². The number of aromatic nitrogens is 1. The third kappa shape index (κ3) is 3.19. The summed E-state index contributed by atoms with van der Waals surface area (Å²) in [5.74, 6) is 0.282. The Morgan fingerprint density at radius 3 is 2.62 bits per heavy atom. The van der Waals surface area contributed by atoms with Crippen LogP contribution in [0.5, 0.6) is 0 Å². The van der Waals surface area contributed by atoms with Crippen molar-refractivity contribution in [1.82, 2.24) is 9.46 Å². The molecule has 3 rings (SSSR count). The molecule has 1 aliphatic heterocycles. The van der Waals surface area contributed by atoms with E-state index in [2.05, 4.69) is 5.16 Å². The number of hydrogen-bond donors (Lipinski definition) is 0. The lowest BCUT2D eigenvalue weighted by Crippen LogP contribution is -2.42. The standard InChI is InChI=1S/C15H16Cl2N2O4S/c1-9-15(10(2)23-18-9)24(20,21)19-5-6-22-14(8-19)11-3-4-12(16)13(17)7-11/h3-4,7,14H,5-6,8H2,1-2H3. The van der Waals surface area contributed by atoms with Crippen molar-refractivity contribution >= 4 is 33.2 Å². The van der Waals surface area contributed by atoms with Crippen LogP contribution in [0.15, 0.2) is 27.6 Å². The van der Waals surface area contributed by atoms with Crippen molar-refractivity contribution in [2.75, 3.05) is 19.7 Å². The summed E-state index contributed by atoms with van der Waals surface area (Å²) in [6, 6.07) is 5.15. The van der Waals surface area contributed by atoms with Gasteiger partial charge in [0.25, 0.3) is 0 Å². The average Bonchev–Trinajstić information content (AvgIpc) is 2.89. The van der Waals surface area contributed by atoms with E-state index in [9.17, 15) is 8.42 Å². The second-order valence-corrected chi connectivity index (χ2v) is 8.24. The first-order valence-electron chi connectivity index (χ1n) is 7.30. The maximum absolute atomic E-state index is 12.9. The predicted octanol–water partition coefficient (Wildman–Crippen LogP) is 3.36. The molecule has 1 fully saturated rings. The number of sulfonamides is 1. The highest BCUT2D eigenvalue weighted by Gasteiger charge is 2.35. The van der Waals surface area contributed by atoms with Crippen LogP contribution >= 0.6 is 23.2 Å². The molecule has 0 N–H and O–H groups in total. The van der Waals surface area contributed by atoms with Crippen LogP contribution in [0.4, 0.5) is 0 Å². The van der Waals surface area contributed by atoms with E-state index in [0.717, 1.165) is 5.56 Å². The van der Waals surface area contributed by atoms with Crippen molar-refractivity contribution in [2.45, 2.75) is 24.8 Å². The third-order valence-electron chi connectivity index (χ3n) is 3.91. The van der Waals surface area contributed by atoms with Gasteiger partial charge in [0.2, 0.25) is 10.0 Å². The Kier molecular flexibility index (Phi) is 4.90. The second kappa shape index (κ2) is 6.65. The van der Waals surface area contributed by atoms with E-state index < -0.39 is 16.1 Å². The Hall–Kier alpha value is -1.12. The van der Waals surface area contributed by atoms with Crippen LogP contribution in [-0.2, 0) is 14.8 Å². The third-order valence-corrected chi connectivity index (χ3v) is 6.76. The fraction of sp³-hybridized carbons (Fsp3) is 0.400. The fourth-order valence-corrected chi connectivity index (χ4v) is 4.75. The van der Waals surface area contributed by atoms with E-state index in [1.807, 2.05) is 0 Å². The van der Waals surface area contributed by atoms with Gasteiger partial charge in [-0.15, -0.1) is 0 Å². The lowest BCUT2D eigenvalue weighted by molar-refractivity contribution is -0.00258. The largest absolute Gasteiger partial charge is 0.371 e. The number of benzene rings is 1. The number of rotatable bonds is 3. The number of aryl methyl sites for hydroxylation is 2. The monoisotopic (exact) mass is 390 g/mol. The molecule has 1 saturated heterocycles. The molecule has 0 radical (unpaired) electrons. The molecule has 1 aliphatic rings. The topological polar surface area (TPSA) is 72.6 Å². The van der Waals surface area contributed by atoms with E-state index in [4.69, 9.17) is 32.5 Å². The van der Waals surface area contributed by atoms with Crippen molar-refractivity contribution in [3.05, 3.63) is 45.3 Å². The summed E-state index contributed by atoms with van der Waals surface area (Å²) in [6.07, 6.45) is -0.413. The van der Waals surface area contributed by atoms with Gasteiger partial charge in [0, 0.05) is 13.1 Å². The molecular formula is C15H16Cl2N2O4S. The Labute approximate surface area is 150 Å². The lowest BCUT2D eigenvalue weighted by atomic mass is 10.1. The summed E-state index contributed by atoms with van der Waals surface area (Å²) in [4.78, 5) is 0.122. The quantitative estimate of drug-likeness (QED) is 0.802. The first-order chi connectivity index (χ1) is 11.3. The molecule has 0 spiro atoms. The Balaban J connectivity index is 1.89. The maximum Gasteiger partial charge on any atom is 0.248 e. The zero-order valence-corrected chi connectivity index (χ0v) is 15.5. The van der Waals surface area contributed by atoms with Gasteiger partial charge in [-0.25, -0.2) is 8.42 Å². The van der Waals surface area contributed by atoms with E-state index in [1.54, 1.807) is 32.0 Å². The number of halogens is 2. The molecule has 1 aromatic heterocycles. The summed E-state index contributed by atoms with van der Waals surface area (Å²) < 4.78 is 37.9. The molecule has 0 bridgehead atoms. The van der Waals surface area contributed by atoms with Crippen LogP contribution in [-0.4, -0.2) is 37.6 Å². The molecule has 0 amide bonds. The van der Waals surface area contributed by atoms with Gasteiger partial charge >= 0.3 is 0 Å². The highest BCUT2D eigenvalue weighted by atomic mass is 35.5. The first kappa shape index (κ1) is 17.7. The van der Waals surface area contributed by atoms with Gasteiger partial charge in [-0.2, -0.15) is 4.31 Å². The molecule has 1 atom stereocenters. The molecule has 9 heteroatoms. The first-order valence-corrected chi connectivity index (χ1v) is 9.50. The van der Waals surface area contributed by atoms with Gasteiger partial charge in [-0.3, -0.25) is 0 Å². The SMILES string of the molecule is Cc1noc(C)c1S(=O)(=O)N1CCOC(c2ccc(Cl)c(Cl)c2)C1. The van der Waals surface area contributed by atoms with Crippen LogP contribution in [0.1, 0.15) is 23.1 Å². The van der Waals surface area contributed by atoms with Crippen LogP contribution in [0.3, 0.4) is 0 Å². The summed E-state index contributed by atoms with van der Waals surface area (Å²) in [5, 5.41) is 4.58. The Morgan fingerprint density at radius 2 is 2.00 bits per heavy atom. The van der Waals surface area contributed by atoms with Gasteiger partial charge in [0.05, 0.1) is 22.8 Å². The van der Waals surface area contributed by atoms with E-state index in [1.165, 1.54) is 4.31 Å². The van der Waals surface area contributed by atoms with Crippen LogP contribution < -0.4 is 0 Å². The molecule has 2 heterocycles.